The first-order chi connectivity index (χ1) is 33.9. The van der Waals surface area contributed by atoms with Gasteiger partial charge in [-0.2, -0.15) is 0 Å². The number of nitrogens with zero attached hydrogens (tertiary/aromatic N) is 3. The Bertz CT molecular complexity index is 3360. The van der Waals surface area contributed by atoms with Crippen LogP contribution in [0.25, 0.3) is 91.9 Å². The van der Waals surface area contributed by atoms with E-state index in [1.807, 2.05) is 0 Å². The molecule has 0 aliphatic carbocycles. The number of H-pyrrole nitrogens is 2. The number of hydrogen-bond donors (Lipinski definition) is 2. The number of aromatic amines is 2. The first-order valence-corrected chi connectivity index (χ1v) is 28.5. The zero-order valence-electron chi connectivity index (χ0n) is 45.8. The number of aryl methyl sites for hydroxylation is 9. The largest absolute Gasteiger partial charge is 0.354 e. The molecule has 368 valence electrons. The summed E-state index contributed by atoms with van der Waals surface area (Å²) < 4.78 is 6.98. The monoisotopic (exact) mass is 968 g/mol. The molecule has 8 bridgehead atoms. The predicted molar refractivity (Wildman–Crippen MR) is 314 cm³/mol. The third-order valence-electron chi connectivity index (χ3n) is 14.9. The molecule has 0 amide bonds. The Labute approximate surface area is 429 Å². The van der Waals surface area contributed by atoms with Crippen molar-refractivity contribution in [1.82, 2.24) is 19.9 Å². The van der Waals surface area contributed by atoms with Crippen molar-refractivity contribution in [3.63, 3.8) is 0 Å². The SMILES string of the molecule is Cc1cc(C)c(-c2c3nc(c(/C=C/c4ccc(N(O[Si](C)(C)C(C)(C)C)C(C)(C)C)cc4)c4nc(c(-c5c(C)cc(C)cc5C)c5ccc([nH]5)c(-c5c(C)cc(C)cc5C)c5ccc2[nH]5)C=C4)C=C3)c(C)c1. The molecule has 0 atom stereocenters. The molecule has 0 spiro atoms. The van der Waals surface area contributed by atoms with Crippen molar-refractivity contribution in [1.29, 1.82) is 0 Å². The van der Waals surface area contributed by atoms with Gasteiger partial charge in [0.2, 0.25) is 8.32 Å². The molecule has 2 aliphatic heterocycles. The van der Waals surface area contributed by atoms with Crippen molar-refractivity contribution in [2.45, 2.75) is 128 Å². The van der Waals surface area contributed by atoms with Gasteiger partial charge in [-0.3, -0.25) is 5.06 Å². The fourth-order valence-corrected chi connectivity index (χ4v) is 11.9. The van der Waals surface area contributed by atoms with Crippen LogP contribution in [0.3, 0.4) is 0 Å². The Morgan fingerprint density at radius 2 is 0.792 bits per heavy atom. The van der Waals surface area contributed by atoms with Crippen LogP contribution in [0.4, 0.5) is 5.69 Å². The van der Waals surface area contributed by atoms with Crippen LogP contribution in [0.2, 0.25) is 18.1 Å². The van der Waals surface area contributed by atoms with E-state index in [4.69, 9.17) is 14.5 Å². The van der Waals surface area contributed by atoms with E-state index < -0.39 is 8.32 Å². The number of rotatable bonds is 8. The minimum absolute atomic E-state index is 0.0634. The van der Waals surface area contributed by atoms with E-state index in [0.717, 1.165) is 78.3 Å². The molecule has 7 aromatic rings. The summed E-state index contributed by atoms with van der Waals surface area (Å²) in [5, 5.41) is 2.19. The summed E-state index contributed by atoms with van der Waals surface area (Å²) in [5.74, 6) is 0. The lowest BCUT2D eigenvalue weighted by Gasteiger charge is -2.45. The van der Waals surface area contributed by atoms with Gasteiger partial charge in [0.05, 0.1) is 34.0 Å². The summed E-state index contributed by atoms with van der Waals surface area (Å²) in [5.41, 5.74) is 28.2. The van der Waals surface area contributed by atoms with E-state index in [-0.39, 0.29) is 10.6 Å². The number of hydroxylamine groups is 1. The second kappa shape index (κ2) is 18.7. The number of benzene rings is 4. The minimum Gasteiger partial charge on any atom is -0.354 e. The molecule has 2 N–H and O–H groups in total. The van der Waals surface area contributed by atoms with Gasteiger partial charge in [0.15, 0.2) is 0 Å². The lowest BCUT2D eigenvalue weighted by atomic mass is 9.92. The lowest BCUT2D eigenvalue weighted by Crippen LogP contribution is -2.52. The molecular weight excluding hydrogens is 895 g/mol. The van der Waals surface area contributed by atoms with E-state index in [2.05, 4.69) is 253 Å². The molecule has 0 fully saturated rings. The highest BCUT2D eigenvalue weighted by atomic mass is 28.4. The Hall–Kier alpha value is -6.80. The molecule has 0 saturated carbocycles. The topological polar surface area (TPSA) is 69.8 Å². The molecule has 9 rings (SSSR count). The van der Waals surface area contributed by atoms with Crippen LogP contribution in [0.5, 0.6) is 0 Å². The summed E-state index contributed by atoms with van der Waals surface area (Å²) in [6.07, 6.45) is 13.1. The molecule has 7 heteroatoms. The fourth-order valence-electron chi connectivity index (χ4n) is 10.8. The van der Waals surface area contributed by atoms with Crippen molar-refractivity contribution in [3.8, 4) is 33.4 Å². The fraction of sp³-hybridized carbons (Fsp3) is 0.292. The normalized spacial score (nSPS) is 13.0. The quantitative estimate of drug-likeness (QED) is 0.118. The van der Waals surface area contributed by atoms with Gasteiger partial charge in [-0.05, 0) is 218 Å². The molecule has 72 heavy (non-hydrogen) atoms. The third-order valence-corrected chi connectivity index (χ3v) is 19.1. The summed E-state index contributed by atoms with van der Waals surface area (Å²) in [6.45, 7) is 38.0. The maximum atomic E-state index is 6.98. The average molecular weight is 968 g/mol. The molecule has 5 heterocycles. The minimum atomic E-state index is -2.13. The molecule has 3 aromatic heterocycles. The highest BCUT2D eigenvalue weighted by Gasteiger charge is 2.42. The van der Waals surface area contributed by atoms with Crippen LogP contribution in [0.15, 0.2) is 84.9 Å². The second-order valence-electron chi connectivity index (χ2n) is 23.1. The van der Waals surface area contributed by atoms with Crippen LogP contribution >= 0.6 is 0 Å². The smallest absolute Gasteiger partial charge is 0.228 e. The summed E-state index contributed by atoms with van der Waals surface area (Å²) >= 11 is 0. The van der Waals surface area contributed by atoms with Crippen molar-refractivity contribution >= 4 is 72.5 Å². The van der Waals surface area contributed by atoms with Crippen LogP contribution < -0.4 is 5.06 Å². The number of aromatic nitrogens is 4. The molecule has 6 nitrogen and oxygen atoms in total. The summed E-state index contributed by atoms with van der Waals surface area (Å²) in [4.78, 5) is 19.2. The molecular formula is C65H73N5OSi. The van der Waals surface area contributed by atoms with E-state index in [0.29, 0.717) is 0 Å². The van der Waals surface area contributed by atoms with Gasteiger partial charge in [-0.15, -0.1) is 0 Å². The van der Waals surface area contributed by atoms with E-state index >= 15 is 0 Å². The van der Waals surface area contributed by atoms with Gasteiger partial charge < -0.3 is 14.5 Å². The number of anilines is 1. The zero-order valence-corrected chi connectivity index (χ0v) is 46.8. The van der Waals surface area contributed by atoms with Gasteiger partial charge in [-0.1, -0.05) is 98.1 Å². The molecule has 0 unspecified atom stereocenters. The second-order valence-corrected chi connectivity index (χ2v) is 27.8. The third kappa shape index (κ3) is 9.53. The Morgan fingerprint density at radius 1 is 0.444 bits per heavy atom. The Kier molecular flexibility index (Phi) is 13.0. The summed E-state index contributed by atoms with van der Waals surface area (Å²) in [7, 11) is -2.13. The Morgan fingerprint density at radius 3 is 1.15 bits per heavy atom. The van der Waals surface area contributed by atoms with Crippen molar-refractivity contribution in [2.75, 3.05) is 5.06 Å². The van der Waals surface area contributed by atoms with Gasteiger partial charge in [0.1, 0.15) is 0 Å². The van der Waals surface area contributed by atoms with Crippen LogP contribution in [0.1, 0.15) is 126 Å². The molecule has 0 radical (unpaired) electrons. The zero-order chi connectivity index (χ0) is 51.8. The van der Waals surface area contributed by atoms with E-state index in [9.17, 15) is 0 Å². The number of fused-ring (bicyclic) bond motifs is 8. The first-order valence-electron chi connectivity index (χ1n) is 25.6. The molecule has 0 saturated heterocycles. The highest BCUT2D eigenvalue weighted by molar-refractivity contribution is 6.74. The number of nitrogens with one attached hydrogen (secondary N) is 2. The molecule has 2 aliphatic rings. The van der Waals surface area contributed by atoms with Gasteiger partial charge in [-0.25, -0.2) is 9.97 Å². The van der Waals surface area contributed by atoms with Crippen molar-refractivity contribution < 1.29 is 4.53 Å². The van der Waals surface area contributed by atoms with Crippen LogP contribution in [0, 0.1) is 62.3 Å². The van der Waals surface area contributed by atoms with Gasteiger partial charge in [0.25, 0.3) is 0 Å². The van der Waals surface area contributed by atoms with E-state index in [1.54, 1.807) is 0 Å². The molecule has 4 aromatic carbocycles. The van der Waals surface area contributed by atoms with Crippen LogP contribution in [-0.2, 0) is 4.53 Å². The number of hydrogen-bond acceptors (Lipinski definition) is 4. The lowest BCUT2D eigenvalue weighted by molar-refractivity contribution is 0.185. The van der Waals surface area contributed by atoms with Gasteiger partial charge >= 0.3 is 0 Å². The van der Waals surface area contributed by atoms with Gasteiger partial charge in [0, 0.05) is 44.3 Å². The van der Waals surface area contributed by atoms with Crippen molar-refractivity contribution in [3.05, 3.63) is 169 Å². The Balaban J connectivity index is 1.36. The maximum Gasteiger partial charge on any atom is 0.228 e. The average Bonchev–Trinajstić information content (AvgIpc) is 4.12. The maximum absolute atomic E-state index is 6.98. The predicted octanol–water partition coefficient (Wildman–Crippen LogP) is 18.1. The van der Waals surface area contributed by atoms with Crippen molar-refractivity contribution in [2.24, 2.45) is 0 Å². The first kappa shape index (κ1) is 50.1. The standard InChI is InChI=1S/C65H73N5OSi/c1-38-32-41(4)58(42(5)33-38)61-52-26-24-50(66-52)49(23-20-47-18-21-48(22-19-47)70(64(10,11)12)71-72(16,17)65(13,14)15)51-25-27-53(67-51)62(59-43(6)34-39(2)35-44(59)7)55-29-31-57(69-55)63(56-30-28-54(61)68-56)60-45(8)36-40(3)37-46(60)9/h18-37,68-69H,1-17H3/b23-20+,50-49?,51-49?,61-52?,61-54?,62-53?,62-55?,63-56?,63-57?. The van der Waals surface area contributed by atoms with Crippen LogP contribution in [-0.4, -0.2) is 33.8 Å². The van der Waals surface area contributed by atoms with E-state index in [1.165, 1.54) is 66.8 Å². The highest BCUT2D eigenvalue weighted by Crippen LogP contribution is 2.43. The summed E-state index contributed by atoms with van der Waals surface area (Å²) in [6, 6.07) is 31.4.